The molecule has 0 spiro atoms. The second kappa shape index (κ2) is 9.89. The molecule has 0 radical (unpaired) electrons. The van der Waals surface area contributed by atoms with Gasteiger partial charge < -0.3 is 20.7 Å². The molecule has 1 heterocycles. The van der Waals surface area contributed by atoms with Crippen LogP contribution in [0.4, 0.5) is 4.79 Å². The lowest BCUT2D eigenvalue weighted by molar-refractivity contribution is -0.128. The molecule has 162 valence electrons. The number of ether oxygens (including phenoxy) is 1. The molecular formula is C18H29N5O6. The van der Waals surface area contributed by atoms with Crippen LogP contribution in [0.3, 0.4) is 0 Å². The van der Waals surface area contributed by atoms with Crippen molar-refractivity contribution in [3.05, 3.63) is 32.6 Å². The minimum absolute atomic E-state index is 0.0277. The summed E-state index contributed by atoms with van der Waals surface area (Å²) >= 11 is 0. The van der Waals surface area contributed by atoms with Gasteiger partial charge in [-0.2, -0.15) is 0 Å². The van der Waals surface area contributed by atoms with Crippen molar-refractivity contribution < 1.29 is 19.1 Å². The van der Waals surface area contributed by atoms with E-state index in [0.29, 0.717) is 5.69 Å². The van der Waals surface area contributed by atoms with Crippen LogP contribution in [-0.4, -0.2) is 45.2 Å². The van der Waals surface area contributed by atoms with E-state index in [1.165, 1.54) is 31.7 Å². The van der Waals surface area contributed by atoms with Crippen LogP contribution >= 0.6 is 0 Å². The Morgan fingerprint density at radius 1 is 1.10 bits per heavy atom. The maximum absolute atomic E-state index is 12.2. The summed E-state index contributed by atoms with van der Waals surface area (Å²) in [6.45, 7) is 6.70. The summed E-state index contributed by atoms with van der Waals surface area (Å²) in [5, 5.41) is 7.53. The topological polar surface area (TPSA) is 141 Å². The highest BCUT2D eigenvalue weighted by atomic mass is 16.6. The fourth-order valence-corrected chi connectivity index (χ4v) is 2.25. The van der Waals surface area contributed by atoms with E-state index >= 15 is 0 Å². The highest BCUT2D eigenvalue weighted by Crippen LogP contribution is 2.06. The molecule has 0 aliphatic heterocycles. The monoisotopic (exact) mass is 411 g/mol. The van der Waals surface area contributed by atoms with Gasteiger partial charge in [-0.15, -0.1) is 0 Å². The van der Waals surface area contributed by atoms with E-state index in [4.69, 9.17) is 4.74 Å². The molecule has 1 rings (SSSR count). The van der Waals surface area contributed by atoms with Crippen molar-refractivity contribution >= 4 is 17.9 Å². The van der Waals surface area contributed by atoms with Gasteiger partial charge in [0.1, 0.15) is 11.6 Å². The van der Waals surface area contributed by atoms with Crippen LogP contribution in [0.15, 0.2) is 15.7 Å². The van der Waals surface area contributed by atoms with Gasteiger partial charge >= 0.3 is 11.8 Å². The molecule has 1 atom stereocenters. The first-order valence-electron chi connectivity index (χ1n) is 9.11. The van der Waals surface area contributed by atoms with Crippen molar-refractivity contribution in [3.63, 3.8) is 0 Å². The summed E-state index contributed by atoms with van der Waals surface area (Å²) < 4.78 is 7.27. The average Bonchev–Trinajstić information content (AvgIpc) is 2.59. The van der Waals surface area contributed by atoms with Crippen molar-refractivity contribution in [2.75, 3.05) is 6.54 Å². The Balaban J connectivity index is 2.47. The molecule has 0 aliphatic carbocycles. The van der Waals surface area contributed by atoms with Crippen LogP contribution in [-0.2, 0) is 35.0 Å². The third kappa shape index (κ3) is 7.80. The predicted molar refractivity (Wildman–Crippen MR) is 105 cm³/mol. The molecule has 3 amide bonds. The van der Waals surface area contributed by atoms with Gasteiger partial charge in [0.05, 0.1) is 6.54 Å². The average molecular weight is 411 g/mol. The predicted octanol–water partition coefficient (Wildman–Crippen LogP) is -0.880. The Morgan fingerprint density at radius 3 is 2.31 bits per heavy atom. The molecule has 0 bridgehead atoms. The molecule has 0 aromatic carbocycles. The van der Waals surface area contributed by atoms with Gasteiger partial charge in [0.15, 0.2) is 0 Å². The van der Waals surface area contributed by atoms with E-state index in [2.05, 4.69) is 16.0 Å². The first-order chi connectivity index (χ1) is 13.3. The lowest BCUT2D eigenvalue weighted by Gasteiger charge is -2.19. The second-order valence-corrected chi connectivity index (χ2v) is 7.56. The summed E-state index contributed by atoms with van der Waals surface area (Å²) in [7, 11) is 2.86. The van der Waals surface area contributed by atoms with Gasteiger partial charge in [-0.1, -0.05) is 0 Å². The summed E-state index contributed by atoms with van der Waals surface area (Å²) in [6.07, 6.45) is -0.657. The van der Waals surface area contributed by atoms with Crippen molar-refractivity contribution in [1.82, 2.24) is 25.1 Å². The molecule has 11 heteroatoms. The van der Waals surface area contributed by atoms with E-state index in [1.54, 1.807) is 20.8 Å². The maximum atomic E-state index is 12.2. The lowest BCUT2D eigenvalue weighted by atomic mass is 10.2. The zero-order valence-corrected chi connectivity index (χ0v) is 17.6. The Kier molecular flexibility index (Phi) is 8.16. The first-order valence-corrected chi connectivity index (χ1v) is 9.11. The maximum Gasteiger partial charge on any atom is 0.407 e. The van der Waals surface area contributed by atoms with Crippen LogP contribution < -0.4 is 27.2 Å². The third-order valence-corrected chi connectivity index (χ3v) is 3.86. The second-order valence-electron chi connectivity index (χ2n) is 7.56. The standard InChI is InChI=1S/C18H29N5O6/c1-11(21-13(24)7-8-19-16(27)29-18(2,3)4)15(26)20-10-12-9-14(25)23(6)17(28)22(12)5/h9,11H,7-8,10H2,1-6H3,(H,19,27)(H,20,26)(H,21,24)/t11-/m0/s1. The normalized spacial score (nSPS) is 12.1. The minimum atomic E-state index is -0.840. The third-order valence-electron chi connectivity index (χ3n) is 3.86. The van der Waals surface area contributed by atoms with E-state index < -0.39 is 40.8 Å². The number of amides is 3. The smallest absolute Gasteiger partial charge is 0.407 e. The van der Waals surface area contributed by atoms with Crippen LogP contribution in [0.25, 0.3) is 0 Å². The number of alkyl carbamates (subject to hydrolysis) is 1. The fraction of sp³-hybridized carbons (Fsp3) is 0.611. The molecule has 0 unspecified atom stereocenters. The van der Waals surface area contributed by atoms with Gasteiger partial charge in [0.25, 0.3) is 5.56 Å². The number of carbonyl (C=O) groups is 3. The van der Waals surface area contributed by atoms with E-state index in [1.807, 2.05) is 0 Å². The first kappa shape index (κ1) is 23.9. The van der Waals surface area contributed by atoms with Gasteiger partial charge in [0, 0.05) is 38.8 Å². The van der Waals surface area contributed by atoms with Crippen molar-refractivity contribution in [3.8, 4) is 0 Å². The zero-order valence-electron chi connectivity index (χ0n) is 17.6. The number of rotatable bonds is 7. The molecule has 29 heavy (non-hydrogen) atoms. The molecule has 0 saturated heterocycles. The Morgan fingerprint density at radius 2 is 1.72 bits per heavy atom. The van der Waals surface area contributed by atoms with E-state index in [9.17, 15) is 24.0 Å². The number of carbonyl (C=O) groups excluding carboxylic acids is 3. The number of nitrogens with zero attached hydrogens (tertiary/aromatic N) is 2. The van der Waals surface area contributed by atoms with Crippen LogP contribution in [0.1, 0.15) is 39.8 Å². The summed E-state index contributed by atoms with van der Waals surface area (Å²) in [5.74, 6) is -0.906. The van der Waals surface area contributed by atoms with Gasteiger partial charge in [-0.05, 0) is 27.7 Å². The highest BCUT2D eigenvalue weighted by Gasteiger charge is 2.18. The number of aromatic nitrogens is 2. The summed E-state index contributed by atoms with van der Waals surface area (Å²) in [6, 6.07) is 0.417. The highest BCUT2D eigenvalue weighted by molar-refractivity contribution is 5.87. The Bertz CT molecular complexity index is 880. The number of nitrogens with one attached hydrogen (secondary N) is 3. The molecule has 0 fully saturated rings. The van der Waals surface area contributed by atoms with Gasteiger partial charge in [0.2, 0.25) is 11.8 Å². The van der Waals surface area contributed by atoms with Gasteiger partial charge in [-0.3, -0.25) is 23.5 Å². The molecule has 1 aromatic rings. The number of hydrogen-bond acceptors (Lipinski definition) is 6. The van der Waals surface area contributed by atoms with Crippen LogP contribution in [0.2, 0.25) is 0 Å². The molecule has 3 N–H and O–H groups in total. The zero-order chi connectivity index (χ0) is 22.4. The summed E-state index contributed by atoms with van der Waals surface area (Å²) in [5.41, 5.74) is -1.27. The summed E-state index contributed by atoms with van der Waals surface area (Å²) in [4.78, 5) is 59.1. The molecule has 0 saturated carbocycles. The van der Waals surface area contributed by atoms with Gasteiger partial charge in [-0.25, -0.2) is 9.59 Å². The molecule has 1 aromatic heterocycles. The van der Waals surface area contributed by atoms with Crippen LogP contribution in [0.5, 0.6) is 0 Å². The SMILES string of the molecule is C[C@H](NC(=O)CCNC(=O)OC(C)(C)C)C(=O)NCc1cc(=O)n(C)c(=O)n1C. The fourth-order valence-electron chi connectivity index (χ4n) is 2.25. The van der Waals surface area contributed by atoms with E-state index in [-0.39, 0.29) is 19.5 Å². The van der Waals surface area contributed by atoms with Crippen molar-refractivity contribution in [1.29, 1.82) is 0 Å². The largest absolute Gasteiger partial charge is 0.444 e. The molecule has 0 aliphatic rings. The van der Waals surface area contributed by atoms with Crippen molar-refractivity contribution in [2.24, 2.45) is 14.1 Å². The Hall–Kier alpha value is -3.11. The lowest BCUT2D eigenvalue weighted by Crippen LogP contribution is -2.46. The van der Waals surface area contributed by atoms with Crippen LogP contribution in [0, 0.1) is 0 Å². The quantitative estimate of drug-likeness (QED) is 0.532. The Labute approximate surface area is 168 Å². The van der Waals surface area contributed by atoms with E-state index in [0.717, 1.165) is 4.57 Å². The van der Waals surface area contributed by atoms with Crippen molar-refractivity contribution in [2.45, 2.75) is 52.3 Å². The number of hydrogen-bond donors (Lipinski definition) is 3. The minimum Gasteiger partial charge on any atom is -0.444 e. The molecular weight excluding hydrogens is 382 g/mol. The molecule has 11 nitrogen and oxygen atoms in total.